The molecule has 1 unspecified atom stereocenters. The molecule has 0 radical (unpaired) electrons. The number of nitrogens with one attached hydrogen (secondary N) is 1. The second-order valence-electron chi connectivity index (χ2n) is 3.66. The fourth-order valence-electron chi connectivity index (χ4n) is 1.42. The number of nitro benzene ring substituents is 1. The first-order chi connectivity index (χ1) is 8.54. The Bertz CT molecular complexity index is 423. The van der Waals surface area contributed by atoms with Crippen molar-refractivity contribution >= 4 is 19.3 Å². The van der Waals surface area contributed by atoms with Crippen molar-refractivity contribution < 1.29 is 19.5 Å². The zero-order chi connectivity index (χ0) is 13.5. The van der Waals surface area contributed by atoms with Crippen molar-refractivity contribution in [2.24, 2.45) is 0 Å². The molecule has 18 heavy (non-hydrogen) atoms. The zero-order valence-corrected chi connectivity index (χ0v) is 9.83. The minimum atomic E-state index is -0.995. The summed E-state index contributed by atoms with van der Waals surface area (Å²) in [6.07, 6.45) is 0.233. The van der Waals surface area contributed by atoms with Gasteiger partial charge < -0.3 is 15.0 Å². The number of hydrogen-bond acceptors (Lipinski definition) is 5. The molecule has 0 saturated heterocycles. The number of non-ortho nitro benzene ring substituents is 1. The summed E-state index contributed by atoms with van der Waals surface area (Å²) in [7, 11) is 1.59. The molecule has 1 aromatic carbocycles. The van der Waals surface area contributed by atoms with Crippen molar-refractivity contribution in [2.45, 2.75) is 12.5 Å². The van der Waals surface area contributed by atoms with Gasteiger partial charge in [-0.1, -0.05) is 12.1 Å². The second-order valence-corrected chi connectivity index (χ2v) is 3.66. The Hall–Kier alpha value is -1.93. The molecular formula is C10H13BN2O5. The van der Waals surface area contributed by atoms with E-state index in [2.05, 4.69) is 5.23 Å². The second kappa shape index (κ2) is 6.72. The maximum Gasteiger partial charge on any atom is 0.361 e. The number of carboxylic acid groups (broad SMARTS) is 1. The predicted molar refractivity (Wildman–Crippen MR) is 65.5 cm³/mol. The fraction of sp³-hybridized carbons (Fsp3) is 0.300. The van der Waals surface area contributed by atoms with E-state index < -0.39 is 16.9 Å². The summed E-state index contributed by atoms with van der Waals surface area (Å²) in [5.74, 6) is -0.995. The van der Waals surface area contributed by atoms with E-state index in [0.29, 0.717) is 5.56 Å². The van der Waals surface area contributed by atoms with Gasteiger partial charge in [0.1, 0.15) is 6.04 Å². The van der Waals surface area contributed by atoms with Crippen molar-refractivity contribution in [1.29, 1.82) is 0 Å². The van der Waals surface area contributed by atoms with Gasteiger partial charge >= 0.3 is 13.6 Å². The fourth-order valence-corrected chi connectivity index (χ4v) is 1.42. The number of aliphatic carboxylic acids is 1. The van der Waals surface area contributed by atoms with Crippen LogP contribution in [0.5, 0.6) is 0 Å². The lowest BCUT2D eigenvalue weighted by molar-refractivity contribution is -0.384. The molecule has 0 saturated carbocycles. The van der Waals surface area contributed by atoms with Gasteiger partial charge in [0.25, 0.3) is 5.69 Å². The van der Waals surface area contributed by atoms with Gasteiger partial charge in [-0.05, 0) is 12.0 Å². The highest BCUT2D eigenvalue weighted by Gasteiger charge is 2.17. The molecule has 1 atom stereocenters. The van der Waals surface area contributed by atoms with Crippen LogP contribution >= 0.6 is 0 Å². The molecule has 0 bridgehead atoms. The van der Waals surface area contributed by atoms with Crippen LogP contribution in [0.15, 0.2) is 24.3 Å². The average molecular weight is 252 g/mol. The highest BCUT2D eigenvalue weighted by Crippen LogP contribution is 2.13. The third-order valence-corrected chi connectivity index (χ3v) is 2.36. The Morgan fingerprint density at radius 2 is 2.17 bits per heavy atom. The van der Waals surface area contributed by atoms with Crippen LogP contribution in [0.2, 0.25) is 0 Å². The van der Waals surface area contributed by atoms with Crippen LogP contribution in [-0.4, -0.2) is 36.8 Å². The van der Waals surface area contributed by atoms with Crippen LogP contribution in [0, 0.1) is 10.1 Å². The molecule has 0 spiro atoms. The molecule has 0 amide bonds. The van der Waals surface area contributed by atoms with Crippen LogP contribution in [0.4, 0.5) is 5.69 Å². The maximum absolute atomic E-state index is 11.0. The Kier molecular flexibility index (Phi) is 5.28. The number of benzene rings is 1. The molecular weight excluding hydrogens is 239 g/mol. The van der Waals surface area contributed by atoms with E-state index in [1.165, 1.54) is 19.2 Å². The number of nitro groups is 1. The summed E-state index contributed by atoms with van der Waals surface area (Å²) < 4.78 is 4.75. The molecule has 1 aromatic rings. The monoisotopic (exact) mass is 252 g/mol. The first kappa shape index (κ1) is 14.1. The van der Waals surface area contributed by atoms with Crippen LogP contribution in [-0.2, 0) is 15.9 Å². The quantitative estimate of drug-likeness (QED) is 0.405. The number of carbonyl (C=O) groups is 1. The first-order valence-corrected chi connectivity index (χ1v) is 5.23. The average Bonchev–Trinajstić information content (AvgIpc) is 2.34. The number of nitrogens with zero attached hydrogens (tertiary/aromatic N) is 1. The maximum atomic E-state index is 11.0. The van der Waals surface area contributed by atoms with Gasteiger partial charge in [0.15, 0.2) is 0 Å². The van der Waals surface area contributed by atoms with Crippen LogP contribution in [0.25, 0.3) is 0 Å². The van der Waals surface area contributed by atoms with Crippen LogP contribution in [0.3, 0.4) is 0 Å². The van der Waals surface area contributed by atoms with E-state index in [0.717, 1.165) is 0 Å². The van der Waals surface area contributed by atoms with Crippen molar-refractivity contribution in [3.63, 3.8) is 0 Å². The van der Waals surface area contributed by atoms with Gasteiger partial charge in [-0.15, -0.1) is 0 Å². The molecule has 0 aliphatic heterocycles. The Balaban J connectivity index is 2.68. The van der Waals surface area contributed by atoms with E-state index in [4.69, 9.17) is 9.76 Å². The summed E-state index contributed by atoms with van der Waals surface area (Å²) >= 11 is 0. The molecule has 0 heterocycles. The summed E-state index contributed by atoms with van der Waals surface area (Å²) in [6, 6.07) is 5.01. The summed E-state index contributed by atoms with van der Waals surface area (Å²) in [6.45, 7) is 0. The minimum Gasteiger partial charge on any atom is -0.480 e. The standard InChI is InChI=1S/C10H13BN2O5/c1-18-11-12-9(10(14)15)6-7-2-4-8(5-3-7)13(16)17/h2-5,9,11-12H,6H2,1H3,(H,14,15). The number of carboxylic acids is 1. The Morgan fingerprint density at radius 3 is 2.61 bits per heavy atom. The lowest BCUT2D eigenvalue weighted by Gasteiger charge is -2.12. The van der Waals surface area contributed by atoms with Crippen molar-refractivity contribution in [2.75, 3.05) is 7.11 Å². The molecule has 96 valence electrons. The normalized spacial score (nSPS) is 11.8. The lowest BCUT2D eigenvalue weighted by Crippen LogP contribution is -2.41. The third kappa shape index (κ3) is 4.15. The highest BCUT2D eigenvalue weighted by atomic mass is 16.6. The van der Waals surface area contributed by atoms with Gasteiger partial charge in [0, 0.05) is 19.2 Å². The largest absolute Gasteiger partial charge is 0.480 e. The van der Waals surface area contributed by atoms with Crippen LogP contribution < -0.4 is 5.23 Å². The molecule has 0 aromatic heterocycles. The van der Waals surface area contributed by atoms with Gasteiger partial charge in [-0.3, -0.25) is 14.9 Å². The van der Waals surface area contributed by atoms with E-state index in [-0.39, 0.29) is 19.7 Å². The summed E-state index contributed by atoms with van der Waals surface area (Å²) in [4.78, 5) is 20.9. The van der Waals surface area contributed by atoms with Crippen molar-refractivity contribution in [3.8, 4) is 0 Å². The van der Waals surface area contributed by atoms with Gasteiger partial charge in [0.2, 0.25) is 0 Å². The topological polar surface area (TPSA) is 102 Å². The van der Waals surface area contributed by atoms with Crippen molar-refractivity contribution in [3.05, 3.63) is 39.9 Å². The summed E-state index contributed by atoms with van der Waals surface area (Å²) in [5.41, 5.74) is 0.687. The highest BCUT2D eigenvalue weighted by molar-refractivity contribution is 6.24. The summed E-state index contributed by atoms with van der Waals surface area (Å²) in [5, 5.41) is 22.1. The molecule has 2 N–H and O–H groups in total. The molecule has 0 aliphatic carbocycles. The first-order valence-electron chi connectivity index (χ1n) is 5.23. The van der Waals surface area contributed by atoms with Crippen molar-refractivity contribution in [1.82, 2.24) is 5.23 Å². The van der Waals surface area contributed by atoms with Crippen LogP contribution in [0.1, 0.15) is 5.56 Å². The van der Waals surface area contributed by atoms with E-state index in [1.54, 1.807) is 12.1 Å². The predicted octanol–water partition coefficient (Wildman–Crippen LogP) is 0.0930. The third-order valence-electron chi connectivity index (χ3n) is 2.36. The molecule has 7 nitrogen and oxygen atoms in total. The Morgan fingerprint density at radius 1 is 1.56 bits per heavy atom. The molecule has 0 aliphatic rings. The smallest absolute Gasteiger partial charge is 0.361 e. The minimum absolute atomic E-state index is 0.0181. The molecule has 0 fully saturated rings. The van der Waals surface area contributed by atoms with Gasteiger partial charge in [-0.25, -0.2) is 0 Å². The molecule has 8 heteroatoms. The zero-order valence-electron chi connectivity index (χ0n) is 9.83. The van der Waals surface area contributed by atoms with Gasteiger partial charge in [-0.2, -0.15) is 0 Å². The Labute approximate surface area is 104 Å². The molecule has 1 rings (SSSR count). The van der Waals surface area contributed by atoms with Gasteiger partial charge in [0.05, 0.1) is 4.92 Å². The number of rotatable bonds is 7. The number of hydrogen-bond donors (Lipinski definition) is 2. The SMILES string of the molecule is COBNC(Cc1ccc([N+](=O)[O-])cc1)C(=O)O. The lowest BCUT2D eigenvalue weighted by atomic mass is 10.0. The van der Waals surface area contributed by atoms with E-state index >= 15 is 0 Å². The van der Waals surface area contributed by atoms with E-state index in [1.807, 2.05) is 0 Å². The van der Waals surface area contributed by atoms with E-state index in [9.17, 15) is 14.9 Å².